The molecular formula is C21H32FN3O4S. The molecule has 2 atom stereocenters. The van der Waals surface area contributed by atoms with E-state index in [0.717, 1.165) is 31.7 Å². The predicted octanol–water partition coefficient (Wildman–Crippen LogP) is 2.73. The highest BCUT2D eigenvalue weighted by atomic mass is 32.2. The lowest BCUT2D eigenvalue weighted by molar-refractivity contribution is -0.121. The number of ether oxygens (including phenoxy) is 1. The van der Waals surface area contributed by atoms with Gasteiger partial charge in [-0.25, -0.2) is 12.8 Å². The molecule has 1 aromatic carbocycles. The van der Waals surface area contributed by atoms with Gasteiger partial charge in [0.1, 0.15) is 5.82 Å². The van der Waals surface area contributed by atoms with Crippen LogP contribution in [0.4, 0.5) is 10.1 Å². The van der Waals surface area contributed by atoms with Crippen LogP contribution in [-0.4, -0.2) is 57.0 Å². The van der Waals surface area contributed by atoms with Crippen molar-refractivity contribution in [2.24, 2.45) is 5.92 Å². The van der Waals surface area contributed by atoms with E-state index in [2.05, 4.69) is 10.6 Å². The van der Waals surface area contributed by atoms with E-state index < -0.39 is 15.8 Å². The molecular weight excluding hydrogens is 409 g/mol. The van der Waals surface area contributed by atoms with Crippen LogP contribution in [0.2, 0.25) is 0 Å². The average Bonchev–Trinajstić information content (AvgIpc) is 2.68. The second-order valence-corrected chi connectivity index (χ2v) is 10.0. The third-order valence-electron chi connectivity index (χ3n) is 6.06. The van der Waals surface area contributed by atoms with Crippen molar-refractivity contribution < 1.29 is 22.3 Å². The highest BCUT2D eigenvalue weighted by Crippen LogP contribution is 2.36. The van der Waals surface area contributed by atoms with Crippen molar-refractivity contribution in [3.05, 3.63) is 24.0 Å². The number of amides is 1. The standard InChI is InChI=1S/C21H32FN3O4S/c1-3-15(2)24-21(26)6-10-23-19-5-4-17(14-18(19)22)30(27,28)25-11-7-20(25)16-8-12-29-13-9-16/h4-5,14-16,20,23H,3,6-13H2,1-2H3,(H,24,26). The third kappa shape index (κ3) is 5.31. The van der Waals surface area contributed by atoms with Gasteiger partial charge in [-0.2, -0.15) is 4.31 Å². The molecule has 9 heteroatoms. The van der Waals surface area contributed by atoms with Crippen LogP contribution in [-0.2, 0) is 19.6 Å². The van der Waals surface area contributed by atoms with Crippen molar-refractivity contribution >= 4 is 21.6 Å². The summed E-state index contributed by atoms with van der Waals surface area (Å²) in [6, 6.07) is 4.00. The van der Waals surface area contributed by atoms with Crippen LogP contribution in [0.3, 0.4) is 0 Å². The van der Waals surface area contributed by atoms with Crippen LogP contribution in [0.1, 0.15) is 46.0 Å². The molecule has 2 heterocycles. The highest BCUT2D eigenvalue weighted by Gasteiger charge is 2.43. The van der Waals surface area contributed by atoms with Crippen LogP contribution in [0, 0.1) is 11.7 Å². The zero-order chi connectivity index (χ0) is 21.7. The smallest absolute Gasteiger partial charge is 0.243 e. The van der Waals surface area contributed by atoms with Gasteiger partial charge in [-0.3, -0.25) is 4.79 Å². The molecule has 2 saturated heterocycles. The van der Waals surface area contributed by atoms with Crippen molar-refractivity contribution in [1.29, 1.82) is 0 Å². The van der Waals surface area contributed by atoms with Crippen molar-refractivity contribution in [2.45, 2.75) is 62.9 Å². The summed E-state index contributed by atoms with van der Waals surface area (Å²) in [6.45, 7) is 5.98. The molecule has 0 bridgehead atoms. The van der Waals surface area contributed by atoms with Crippen molar-refractivity contribution in [1.82, 2.24) is 9.62 Å². The van der Waals surface area contributed by atoms with Gasteiger partial charge in [-0.1, -0.05) is 6.92 Å². The van der Waals surface area contributed by atoms with E-state index >= 15 is 0 Å². The largest absolute Gasteiger partial charge is 0.382 e. The molecule has 1 aromatic rings. The second kappa shape index (κ2) is 10.1. The van der Waals surface area contributed by atoms with E-state index in [9.17, 15) is 17.6 Å². The Hall–Kier alpha value is -1.71. The fraction of sp³-hybridized carbons (Fsp3) is 0.667. The van der Waals surface area contributed by atoms with Gasteiger partial charge in [0.05, 0.1) is 10.6 Å². The molecule has 0 saturated carbocycles. The first-order chi connectivity index (χ1) is 14.3. The summed E-state index contributed by atoms with van der Waals surface area (Å²) < 4.78 is 47.5. The van der Waals surface area contributed by atoms with Crippen molar-refractivity contribution in [3.8, 4) is 0 Å². The first-order valence-electron chi connectivity index (χ1n) is 10.7. The molecule has 0 aromatic heterocycles. The molecule has 0 aliphatic carbocycles. The van der Waals surface area contributed by atoms with E-state index in [0.29, 0.717) is 25.7 Å². The zero-order valence-electron chi connectivity index (χ0n) is 17.7. The van der Waals surface area contributed by atoms with Gasteiger partial charge >= 0.3 is 0 Å². The molecule has 3 rings (SSSR count). The first kappa shape index (κ1) is 23.0. The Kier molecular flexibility index (Phi) is 7.70. The maximum Gasteiger partial charge on any atom is 0.243 e. The third-order valence-corrected chi connectivity index (χ3v) is 7.98. The van der Waals surface area contributed by atoms with Gasteiger partial charge in [0.15, 0.2) is 0 Å². The van der Waals surface area contributed by atoms with Gasteiger partial charge in [0.25, 0.3) is 0 Å². The molecule has 1 amide bonds. The Morgan fingerprint density at radius 2 is 2.03 bits per heavy atom. The Balaban J connectivity index is 1.59. The van der Waals surface area contributed by atoms with E-state index in [1.54, 1.807) is 0 Å². The highest BCUT2D eigenvalue weighted by molar-refractivity contribution is 7.89. The molecule has 2 aliphatic rings. The number of sulfonamides is 1. The summed E-state index contributed by atoms with van der Waals surface area (Å²) in [5.74, 6) is -0.440. The number of carbonyl (C=O) groups excluding carboxylic acids is 1. The zero-order valence-corrected chi connectivity index (χ0v) is 18.5. The molecule has 168 valence electrons. The number of hydrogen-bond acceptors (Lipinski definition) is 5. The number of nitrogens with zero attached hydrogens (tertiary/aromatic N) is 1. The number of anilines is 1. The molecule has 0 spiro atoms. The number of nitrogens with one attached hydrogen (secondary N) is 2. The molecule has 2 fully saturated rings. The lowest BCUT2D eigenvalue weighted by atomic mass is 9.86. The molecule has 7 nitrogen and oxygen atoms in total. The summed E-state index contributed by atoms with van der Waals surface area (Å²) in [4.78, 5) is 11.8. The molecule has 2 N–H and O–H groups in total. The predicted molar refractivity (Wildman–Crippen MR) is 113 cm³/mol. The van der Waals surface area contributed by atoms with Crippen molar-refractivity contribution in [2.75, 3.05) is 31.6 Å². The van der Waals surface area contributed by atoms with Gasteiger partial charge in [-0.15, -0.1) is 0 Å². The Morgan fingerprint density at radius 1 is 1.30 bits per heavy atom. The average molecular weight is 442 g/mol. The second-order valence-electron chi connectivity index (χ2n) is 8.12. The summed E-state index contributed by atoms with van der Waals surface area (Å²) in [5, 5.41) is 5.72. The van der Waals surface area contributed by atoms with Crippen LogP contribution in [0.15, 0.2) is 23.1 Å². The Bertz CT molecular complexity index is 843. The monoisotopic (exact) mass is 441 g/mol. The van der Waals surface area contributed by atoms with E-state index in [4.69, 9.17) is 4.74 Å². The minimum atomic E-state index is -3.73. The maximum absolute atomic E-state index is 14.5. The number of benzene rings is 1. The quantitative estimate of drug-likeness (QED) is 0.615. The number of rotatable bonds is 9. The van der Waals surface area contributed by atoms with Gasteiger partial charge in [0.2, 0.25) is 15.9 Å². The lowest BCUT2D eigenvalue weighted by Gasteiger charge is -2.45. The van der Waals surface area contributed by atoms with E-state index in [1.165, 1.54) is 16.4 Å². The van der Waals surface area contributed by atoms with Gasteiger partial charge < -0.3 is 15.4 Å². The Morgan fingerprint density at radius 3 is 2.63 bits per heavy atom. The lowest BCUT2D eigenvalue weighted by Crippen LogP contribution is -2.55. The molecule has 2 aliphatic heterocycles. The molecule has 2 unspecified atom stereocenters. The minimum Gasteiger partial charge on any atom is -0.382 e. The SMILES string of the molecule is CCC(C)NC(=O)CCNc1ccc(S(=O)(=O)N2CCC2C2CCOCC2)cc1F. The van der Waals surface area contributed by atoms with Crippen LogP contribution < -0.4 is 10.6 Å². The van der Waals surface area contributed by atoms with Crippen LogP contribution in [0.25, 0.3) is 0 Å². The topological polar surface area (TPSA) is 87.7 Å². The fourth-order valence-corrected chi connectivity index (χ4v) is 5.69. The summed E-state index contributed by atoms with van der Waals surface area (Å²) in [7, 11) is -3.73. The molecule has 0 radical (unpaired) electrons. The minimum absolute atomic E-state index is 0.0243. The van der Waals surface area contributed by atoms with E-state index in [1.807, 2.05) is 13.8 Å². The molecule has 30 heavy (non-hydrogen) atoms. The fourth-order valence-electron chi connectivity index (χ4n) is 3.95. The van der Waals surface area contributed by atoms with Crippen molar-refractivity contribution in [3.63, 3.8) is 0 Å². The van der Waals surface area contributed by atoms with Gasteiger partial charge in [-0.05, 0) is 56.7 Å². The normalized spacial score (nSPS) is 21.6. The summed E-state index contributed by atoms with van der Waals surface area (Å²) in [6.07, 6.45) is 3.61. The summed E-state index contributed by atoms with van der Waals surface area (Å²) >= 11 is 0. The van der Waals surface area contributed by atoms with Crippen LogP contribution >= 0.6 is 0 Å². The number of hydrogen-bond donors (Lipinski definition) is 2. The van der Waals surface area contributed by atoms with E-state index in [-0.39, 0.29) is 41.5 Å². The number of carbonyl (C=O) groups is 1. The van der Waals surface area contributed by atoms with Gasteiger partial charge in [0, 0.05) is 44.8 Å². The Labute approximate surface area is 178 Å². The van der Waals surface area contributed by atoms with Crippen LogP contribution in [0.5, 0.6) is 0 Å². The number of halogens is 1. The first-order valence-corrected chi connectivity index (χ1v) is 12.2. The maximum atomic E-state index is 14.5. The summed E-state index contributed by atoms with van der Waals surface area (Å²) in [5.41, 5.74) is 0.190.